The zero-order valence-corrected chi connectivity index (χ0v) is 15.0. The second-order valence-electron chi connectivity index (χ2n) is 6.70. The van der Waals surface area contributed by atoms with Gasteiger partial charge in [0.25, 0.3) is 5.91 Å². The Morgan fingerprint density at radius 3 is 2.52 bits per heavy atom. The summed E-state index contributed by atoms with van der Waals surface area (Å²) in [5.74, 6) is 0.0903. The van der Waals surface area contributed by atoms with Crippen LogP contribution in [0.25, 0.3) is 0 Å². The molecular formula is C21H24N2O2. The number of hydrogen-bond acceptors (Lipinski definition) is 2. The number of carbonyl (C=O) groups excluding carboxylic acids is 2. The van der Waals surface area contributed by atoms with Gasteiger partial charge in [0.2, 0.25) is 5.91 Å². The van der Waals surface area contributed by atoms with Gasteiger partial charge in [-0.2, -0.15) is 0 Å². The first-order chi connectivity index (χ1) is 12.0. The van der Waals surface area contributed by atoms with Gasteiger partial charge in [0.05, 0.1) is 6.04 Å². The minimum atomic E-state index is -0.0402. The van der Waals surface area contributed by atoms with Gasteiger partial charge in [-0.25, -0.2) is 0 Å². The van der Waals surface area contributed by atoms with Crippen LogP contribution >= 0.6 is 0 Å². The van der Waals surface area contributed by atoms with Gasteiger partial charge in [-0.15, -0.1) is 0 Å². The maximum absolute atomic E-state index is 12.9. The Hall–Kier alpha value is -2.62. The molecule has 4 heteroatoms. The quantitative estimate of drug-likeness (QED) is 0.848. The van der Waals surface area contributed by atoms with Gasteiger partial charge in [-0.05, 0) is 44.0 Å². The Balaban J connectivity index is 1.80. The molecule has 0 bridgehead atoms. The van der Waals surface area contributed by atoms with E-state index < -0.39 is 0 Å². The second kappa shape index (κ2) is 7.09. The summed E-state index contributed by atoms with van der Waals surface area (Å²) < 4.78 is 0. The van der Waals surface area contributed by atoms with Crippen LogP contribution in [-0.4, -0.2) is 30.3 Å². The Morgan fingerprint density at radius 2 is 1.88 bits per heavy atom. The fraction of sp³-hybridized carbons (Fsp3) is 0.333. The molecule has 3 rings (SSSR count). The van der Waals surface area contributed by atoms with E-state index >= 15 is 0 Å². The largest absolute Gasteiger partial charge is 0.335 e. The molecule has 1 aliphatic rings. The van der Waals surface area contributed by atoms with Crippen LogP contribution in [0.4, 0.5) is 5.69 Å². The predicted molar refractivity (Wildman–Crippen MR) is 99.7 cm³/mol. The van der Waals surface area contributed by atoms with Crippen LogP contribution in [0.3, 0.4) is 0 Å². The molecule has 1 unspecified atom stereocenters. The summed E-state index contributed by atoms with van der Waals surface area (Å²) >= 11 is 0. The number of benzene rings is 2. The molecule has 0 N–H and O–H groups in total. The van der Waals surface area contributed by atoms with Crippen LogP contribution in [0.2, 0.25) is 0 Å². The molecular weight excluding hydrogens is 312 g/mol. The lowest BCUT2D eigenvalue weighted by Gasteiger charge is -2.26. The average molecular weight is 336 g/mol. The molecule has 0 saturated carbocycles. The van der Waals surface area contributed by atoms with E-state index in [1.54, 1.807) is 9.80 Å². The number of amides is 2. The summed E-state index contributed by atoms with van der Waals surface area (Å²) in [5, 5.41) is 0. The number of carbonyl (C=O) groups is 2. The molecule has 4 nitrogen and oxygen atoms in total. The smallest absolute Gasteiger partial charge is 0.254 e. The molecule has 2 amide bonds. The van der Waals surface area contributed by atoms with E-state index in [9.17, 15) is 9.59 Å². The van der Waals surface area contributed by atoms with Crippen LogP contribution < -0.4 is 4.90 Å². The monoisotopic (exact) mass is 336 g/mol. The zero-order valence-electron chi connectivity index (χ0n) is 15.0. The molecule has 1 fully saturated rings. The third-order valence-electron chi connectivity index (χ3n) is 4.94. The maximum Gasteiger partial charge on any atom is 0.254 e. The van der Waals surface area contributed by atoms with Crippen molar-refractivity contribution in [3.8, 4) is 0 Å². The number of anilines is 1. The third kappa shape index (κ3) is 3.58. The van der Waals surface area contributed by atoms with Crippen molar-refractivity contribution in [2.45, 2.75) is 32.7 Å². The highest BCUT2D eigenvalue weighted by Gasteiger charge is 2.24. The Bertz CT molecular complexity index is 783. The summed E-state index contributed by atoms with van der Waals surface area (Å²) in [6, 6.07) is 15.6. The maximum atomic E-state index is 12.9. The highest BCUT2D eigenvalue weighted by Crippen LogP contribution is 2.25. The third-order valence-corrected chi connectivity index (χ3v) is 4.94. The topological polar surface area (TPSA) is 40.6 Å². The van der Waals surface area contributed by atoms with E-state index in [1.807, 2.05) is 38.2 Å². The van der Waals surface area contributed by atoms with Crippen molar-refractivity contribution < 1.29 is 9.59 Å². The van der Waals surface area contributed by atoms with Crippen molar-refractivity contribution in [3.63, 3.8) is 0 Å². The van der Waals surface area contributed by atoms with Gasteiger partial charge >= 0.3 is 0 Å². The van der Waals surface area contributed by atoms with Crippen LogP contribution in [0.15, 0.2) is 48.5 Å². The number of hydrogen-bond donors (Lipinski definition) is 0. The van der Waals surface area contributed by atoms with Crippen LogP contribution in [0.5, 0.6) is 0 Å². The molecule has 1 heterocycles. The van der Waals surface area contributed by atoms with Crippen molar-refractivity contribution in [1.82, 2.24) is 4.90 Å². The summed E-state index contributed by atoms with van der Waals surface area (Å²) in [6.07, 6.45) is 1.46. The molecule has 0 radical (unpaired) electrons. The van der Waals surface area contributed by atoms with E-state index in [0.717, 1.165) is 24.2 Å². The predicted octanol–water partition coefficient (Wildman–Crippen LogP) is 3.96. The lowest BCUT2D eigenvalue weighted by atomic mass is 10.0. The van der Waals surface area contributed by atoms with Gasteiger partial charge in [-0.3, -0.25) is 9.59 Å². The van der Waals surface area contributed by atoms with Crippen molar-refractivity contribution in [2.24, 2.45) is 0 Å². The molecule has 25 heavy (non-hydrogen) atoms. The molecule has 0 aromatic heterocycles. The highest BCUT2D eigenvalue weighted by atomic mass is 16.2. The summed E-state index contributed by atoms with van der Waals surface area (Å²) in [7, 11) is 1.82. The second-order valence-corrected chi connectivity index (χ2v) is 6.70. The Labute approximate surface area is 149 Å². The molecule has 1 aliphatic heterocycles. The number of aryl methyl sites for hydroxylation is 1. The number of nitrogens with zero attached hydrogens (tertiary/aromatic N) is 2. The molecule has 2 aromatic rings. The van der Waals surface area contributed by atoms with Gasteiger partial charge < -0.3 is 9.80 Å². The Morgan fingerprint density at radius 1 is 1.16 bits per heavy atom. The van der Waals surface area contributed by atoms with Gasteiger partial charge in [0, 0.05) is 31.3 Å². The van der Waals surface area contributed by atoms with E-state index in [4.69, 9.17) is 0 Å². The van der Waals surface area contributed by atoms with Crippen molar-refractivity contribution >= 4 is 17.5 Å². The summed E-state index contributed by atoms with van der Waals surface area (Å²) in [5.41, 5.74) is 3.73. The first-order valence-electron chi connectivity index (χ1n) is 8.71. The molecule has 0 spiro atoms. The zero-order chi connectivity index (χ0) is 18.0. The summed E-state index contributed by atoms with van der Waals surface area (Å²) in [4.78, 5) is 28.3. The first-order valence-corrected chi connectivity index (χ1v) is 8.71. The van der Waals surface area contributed by atoms with Crippen molar-refractivity contribution in [3.05, 3.63) is 65.2 Å². The fourth-order valence-corrected chi connectivity index (χ4v) is 3.18. The Kier molecular flexibility index (Phi) is 4.88. The van der Waals surface area contributed by atoms with E-state index in [0.29, 0.717) is 12.0 Å². The lowest BCUT2D eigenvalue weighted by molar-refractivity contribution is -0.117. The van der Waals surface area contributed by atoms with Crippen molar-refractivity contribution in [2.75, 3.05) is 18.5 Å². The van der Waals surface area contributed by atoms with E-state index in [-0.39, 0.29) is 17.9 Å². The molecule has 1 atom stereocenters. The standard InChI is InChI=1S/C21H24N2O2/c1-15-9-11-17(12-10-15)16(2)22(3)21(25)18-6-4-7-19(14-18)23-13-5-8-20(23)24/h4,6-7,9-12,14,16H,5,8,13H2,1-3H3. The van der Waals surface area contributed by atoms with Crippen LogP contribution in [0.1, 0.15) is 47.3 Å². The SMILES string of the molecule is Cc1ccc(C(C)N(C)C(=O)c2cccc(N3CCCC3=O)c2)cc1. The minimum absolute atomic E-state index is 0.0230. The van der Waals surface area contributed by atoms with Crippen LogP contribution in [0, 0.1) is 6.92 Å². The first kappa shape index (κ1) is 17.2. The highest BCUT2D eigenvalue weighted by molar-refractivity contribution is 5.99. The minimum Gasteiger partial charge on any atom is -0.335 e. The van der Waals surface area contributed by atoms with Crippen LogP contribution in [-0.2, 0) is 4.79 Å². The van der Waals surface area contributed by atoms with Gasteiger partial charge in [0.1, 0.15) is 0 Å². The normalized spacial score (nSPS) is 15.3. The average Bonchev–Trinajstić information content (AvgIpc) is 3.06. The van der Waals surface area contributed by atoms with Gasteiger partial charge in [-0.1, -0.05) is 35.9 Å². The van der Waals surface area contributed by atoms with E-state index in [1.165, 1.54) is 5.56 Å². The fourth-order valence-electron chi connectivity index (χ4n) is 3.18. The molecule has 1 saturated heterocycles. The van der Waals surface area contributed by atoms with Gasteiger partial charge in [0.15, 0.2) is 0 Å². The molecule has 0 aliphatic carbocycles. The number of rotatable bonds is 4. The molecule has 2 aromatic carbocycles. The van der Waals surface area contributed by atoms with E-state index in [2.05, 4.69) is 31.2 Å². The van der Waals surface area contributed by atoms with Crippen molar-refractivity contribution in [1.29, 1.82) is 0 Å². The molecule has 130 valence electrons. The lowest BCUT2D eigenvalue weighted by Crippen LogP contribution is -2.30. The summed E-state index contributed by atoms with van der Waals surface area (Å²) in [6.45, 7) is 4.80.